The van der Waals surface area contributed by atoms with Gasteiger partial charge in [0.15, 0.2) is 11.5 Å². The predicted octanol–water partition coefficient (Wildman–Crippen LogP) is 1.78. The quantitative estimate of drug-likeness (QED) is 0.765. The Bertz CT molecular complexity index is 406. The minimum atomic E-state index is -0.00936. The van der Waals surface area contributed by atoms with E-state index in [1.54, 1.807) is 21.3 Å². The molecule has 0 aliphatic heterocycles. The molecule has 0 fully saturated rings. The molecule has 0 saturated carbocycles. The molecule has 1 amide bonds. The third-order valence-electron chi connectivity index (χ3n) is 2.74. The number of carbonyl (C=O) groups is 1. The third kappa shape index (κ3) is 4.35. The average molecular weight is 267 g/mol. The van der Waals surface area contributed by atoms with Crippen LogP contribution in [-0.4, -0.2) is 33.8 Å². The first kappa shape index (κ1) is 15.1. The van der Waals surface area contributed by atoms with Crippen molar-refractivity contribution in [2.24, 2.45) is 0 Å². The van der Waals surface area contributed by atoms with Gasteiger partial charge in [-0.15, -0.1) is 0 Å². The molecule has 0 bridgehead atoms. The van der Waals surface area contributed by atoms with Crippen LogP contribution in [0.5, 0.6) is 17.2 Å². The van der Waals surface area contributed by atoms with Crippen LogP contribution in [0.3, 0.4) is 0 Å². The number of aryl methyl sites for hydroxylation is 1. The zero-order valence-electron chi connectivity index (χ0n) is 11.9. The Labute approximate surface area is 113 Å². The van der Waals surface area contributed by atoms with E-state index in [9.17, 15) is 4.79 Å². The van der Waals surface area contributed by atoms with Gasteiger partial charge >= 0.3 is 0 Å². The predicted molar refractivity (Wildman–Crippen MR) is 73.1 cm³/mol. The second-order valence-corrected chi connectivity index (χ2v) is 4.12. The van der Waals surface area contributed by atoms with E-state index in [4.69, 9.17) is 14.2 Å². The van der Waals surface area contributed by atoms with E-state index in [-0.39, 0.29) is 5.91 Å². The lowest BCUT2D eigenvalue weighted by atomic mass is 10.1. The number of hydrogen-bond acceptors (Lipinski definition) is 4. The first-order valence-corrected chi connectivity index (χ1v) is 6.15. The van der Waals surface area contributed by atoms with Gasteiger partial charge in [0.1, 0.15) is 0 Å². The number of ether oxygens (including phenoxy) is 3. The molecular weight excluding hydrogens is 246 g/mol. The summed E-state index contributed by atoms with van der Waals surface area (Å²) in [5.74, 6) is 1.88. The van der Waals surface area contributed by atoms with Crippen molar-refractivity contribution in [2.75, 3.05) is 27.9 Å². The topological polar surface area (TPSA) is 56.8 Å². The van der Waals surface area contributed by atoms with Crippen molar-refractivity contribution in [3.63, 3.8) is 0 Å². The van der Waals surface area contributed by atoms with Gasteiger partial charge in [0.05, 0.1) is 21.3 Å². The van der Waals surface area contributed by atoms with Gasteiger partial charge in [-0.25, -0.2) is 0 Å². The van der Waals surface area contributed by atoms with Crippen molar-refractivity contribution >= 4 is 5.91 Å². The second-order valence-electron chi connectivity index (χ2n) is 4.12. The van der Waals surface area contributed by atoms with E-state index in [1.807, 2.05) is 12.1 Å². The summed E-state index contributed by atoms with van der Waals surface area (Å²) in [4.78, 5) is 10.8. The van der Waals surface area contributed by atoms with Gasteiger partial charge in [0.25, 0.3) is 0 Å². The monoisotopic (exact) mass is 267 g/mol. The van der Waals surface area contributed by atoms with Crippen LogP contribution in [0.1, 0.15) is 18.9 Å². The maximum absolute atomic E-state index is 10.8. The van der Waals surface area contributed by atoms with Crippen LogP contribution in [0.2, 0.25) is 0 Å². The van der Waals surface area contributed by atoms with Crippen molar-refractivity contribution < 1.29 is 19.0 Å². The molecule has 0 spiro atoms. The van der Waals surface area contributed by atoms with Crippen molar-refractivity contribution in [3.05, 3.63) is 17.7 Å². The van der Waals surface area contributed by atoms with E-state index in [2.05, 4.69) is 5.32 Å². The maximum Gasteiger partial charge on any atom is 0.216 e. The fourth-order valence-corrected chi connectivity index (χ4v) is 1.84. The van der Waals surface area contributed by atoms with Gasteiger partial charge in [0.2, 0.25) is 11.7 Å². The first-order chi connectivity index (χ1) is 9.12. The highest BCUT2D eigenvalue weighted by molar-refractivity contribution is 5.72. The number of methoxy groups -OCH3 is 3. The molecule has 0 aliphatic carbocycles. The van der Waals surface area contributed by atoms with Crippen LogP contribution in [0.15, 0.2) is 12.1 Å². The molecule has 0 radical (unpaired) electrons. The molecule has 1 rings (SSSR count). The summed E-state index contributed by atoms with van der Waals surface area (Å²) in [6, 6.07) is 3.85. The van der Waals surface area contributed by atoms with Crippen molar-refractivity contribution in [1.29, 1.82) is 0 Å². The summed E-state index contributed by atoms with van der Waals surface area (Å²) in [6.07, 6.45) is 1.69. The molecule has 106 valence electrons. The molecule has 0 unspecified atom stereocenters. The highest BCUT2D eigenvalue weighted by Gasteiger charge is 2.12. The molecule has 5 heteroatoms. The lowest BCUT2D eigenvalue weighted by Crippen LogP contribution is -2.21. The molecule has 0 heterocycles. The standard InChI is InChI=1S/C14H21NO4/c1-10(16)15-7-5-6-11-8-12(17-2)14(19-4)13(9-11)18-3/h8-9H,5-7H2,1-4H3,(H,15,16). The summed E-state index contributed by atoms with van der Waals surface area (Å²) in [6.45, 7) is 2.17. The van der Waals surface area contributed by atoms with Crippen molar-refractivity contribution in [3.8, 4) is 17.2 Å². The second kappa shape index (κ2) is 7.51. The number of nitrogens with one attached hydrogen (secondary N) is 1. The first-order valence-electron chi connectivity index (χ1n) is 6.15. The fraction of sp³-hybridized carbons (Fsp3) is 0.500. The Morgan fingerprint density at radius 2 is 1.68 bits per heavy atom. The van der Waals surface area contributed by atoms with Crippen LogP contribution in [0, 0.1) is 0 Å². The molecule has 5 nitrogen and oxygen atoms in total. The molecule has 1 aromatic carbocycles. The van der Waals surface area contributed by atoms with Crippen LogP contribution >= 0.6 is 0 Å². The number of hydrogen-bond donors (Lipinski definition) is 1. The molecule has 1 aromatic rings. The van der Waals surface area contributed by atoms with E-state index >= 15 is 0 Å². The lowest BCUT2D eigenvalue weighted by molar-refractivity contribution is -0.118. The summed E-state index contributed by atoms with van der Waals surface area (Å²) in [5.41, 5.74) is 1.08. The SMILES string of the molecule is COc1cc(CCCNC(C)=O)cc(OC)c1OC. The van der Waals surface area contributed by atoms with Crippen molar-refractivity contribution in [2.45, 2.75) is 19.8 Å². The number of benzene rings is 1. The van der Waals surface area contributed by atoms with Gasteiger partial charge in [-0.3, -0.25) is 4.79 Å². The number of rotatable bonds is 7. The van der Waals surface area contributed by atoms with Crippen LogP contribution in [-0.2, 0) is 11.2 Å². The molecule has 0 saturated heterocycles. The Hall–Kier alpha value is -1.91. The van der Waals surface area contributed by atoms with E-state index in [0.29, 0.717) is 23.8 Å². The Balaban J connectivity index is 2.76. The minimum Gasteiger partial charge on any atom is -0.493 e. The summed E-state index contributed by atoms with van der Waals surface area (Å²) in [7, 11) is 4.77. The van der Waals surface area contributed by atoms with Crippen LogP contribution in [0.25, 0.3) is 0 Å². The summed E-state index contributed by atoms with van der Waals surface area (Å²) < 4.78 is 15.8. The molecule has 19 heavy (non-hydrogen) atoms. The fourth-order valence-electron chi connectivity index (χ4n) is 1.84. The average Bonchev–Trinajstić information content (AvgIpc) is 2.42. The lowest BCUT2D eigenvalue weighted by Gasteiger charge is -2.14. The maximum atomic E-state index is 10.8. The van der Waals surface area contributed by atoms with Gasteiger partial charge in [-0.2, -0.15) is 0 Å². The largest absolute Gasteiger partial charge is 0.493 e. The number of carbonyl (C=O) groups excluding carboxylic acids is 1. The Morgan fingerprint density at radius 1 is 1.11 bits per heavy atom. The highest BCUT2D eigenvalue weighted by Crippen LogP contribution is 2.38. The van der Waals surface area contributed by atoms with Gasteiger partial charge in [-0.1, -0.05) is 0 Å². The van der Waals surface area contributed by atoms with E-state index < -0.39 is 0 Å². The summed E-state index contributed by atoms with van der Waals surface area (Å²) in [5, 5.41) is 2.77. The van der Waals surface area contributed by atoms with Crippen LogP contribution < -0.4 is 19.5 Å². The van der Waals surface area contributed by atoms with Gasteiger partial charge < -0.3 is 19.5 Å². The molecule has 1 N–H and O–H groups in total. The van der Waals surface area contributed by atoms with E-state index in [1.165, 1.54) is 6.92 Å². The highest BCUT2D eigenvalue weighted by atomic mass is 16.5. The molecule has 0 atom stereocenters. The normalized spacial score (nSPS) is 9.89. The number of amides is 1. The molecular formula is C14H21NO4. The zero-order chi connectivity index (χ0) is 14.3. The molecule has 0 aliphatic rings. The summed E-state index contributed by atoms with van der Waals surface area (Å²) >= 11 is 0. The Morgan fingerprint density at radius 3 is 2.11 bits per heavy atom. The van der Waals surface area contributed by atoms with Gasteiger partial charge in [-0.05, 0) is 30.5 Å². The molecule has 0 aromatic heterocycles. The van der Waals surface area contributed by atoms with Crippen LogP contribution in [0.4, 0.5) is 0 Å². The smallest absolute Gasteiger partial charge is 0.216 e. The Kier molecular flexibility index (Phi) is 5.99. The van der Waals surface area contributed by atoms with Crippen molar-refractivity contribution in [1.82, 2.24) is 5.32 Å². The minimum absolute atomic E-state index is 0.00936. The van der Waals surface area contributed by atoms with E-state index in [0.717, 1.165) is 18.4 Å². The zero-order valence-corrected chi connectivity index (χ0v) is 11.9. The third-order valence-corrected chi connectivity index (χ3v) is 2.74. The van der Waals surface area contributed by atoms with Gasteiger partial charge in [0, 0.05) is 13.5 Å².